The van der Waals surface area contributed by atoms with Gasteiger partial charge in [0.2, 0.25) is 0 Å². The van der Waals surface area contributed by atoms with Gasteiger partial charge in [-0.25, -0.2) is 0 Å². The summed E-state index contributed by atoms with van der Waals surface area (Å²) < 4.78 is 5.01. The number of carbonyl (C=O) groups is 1. The molecule has 0 amide bonds. The highest BCUT2D eigenvalue weighted by Crippen LogP contribution is 2.27. The topological polar surface area (TPSA) is 41.6 Å². The van der Waals surface area contributed by atoms with E-state index in [1.807, 2.05) is 6.92 Å². The first-order valence-electron chi connectivity index (χ1n) is 8.55. The van der Waals surface area contributed by atoms with E-state index in [2.05, 4.69) is 24.1 Å². The molecule has 1 saturated carbocycles. The van der Waals surface area contributed by atoms with E-state index in [1.165, 1.54) is 39.3 Å². The van der Waals surface area contributed by atoms with Crippen LogP contribution in [0.5, 0.6) is 0 Å². The maximum Gasteiger partial charge on any atom is 0.325 e. The molecule has 0 aromatic rings. The Balaban J connectivity index is 1.80. The van der Waals surface area contributed by atoms with Gasteiger partial charge in [-0.05, 0) is 71.4 Å². The van der Waals surface area contributed by atoms with Gasteiger partial charge in [0.15, 0.2) is 0 Å². The molecule has 1 saturated heterocycles. The molecule has 0 radical (unpaired) electrons. The fourth-order valence-electron chi connectivity index (χ4n) is 3.56. The molecular weight excluding hydrogens is 264 g/mol. The maximum absolute atomic E-state index is 12.1. The van der Waals surface area contributed by atoms with Gasteiger partial charge in [0, 0.05) is 12.1 Å². The Morgan fingerprint density at radius 1 is 1.33 bits per heavy atom. The number of esters is 1. The quantitative estimate of drug-likeness (QED) is 0.733. The van der Waals surface area contributed by atoms with Crippen molar-refractivity contribution in [2.75, 3.05) is 20.2 Å². The third-order valence-corrected chi connectivity index (χ3v) is 5.13. The SMILES string of the molecule is COC(=O)C(C)(CCCN1CCC(C)CC1C)NC1CC1. The minimum absolute atomic E-state index is 0.116. The van der Waals surface area contributed by atoms with Crippen LogP contribution in [0.4, 0.5) is 0 Å². The van der Waals surface area contributed by atoms with E-state index >= 15 is 0 Å². The van der Waals surface area contributed by atoms with Gasteiger partial charge in [-0.1, -0.05) is 6.92 Å². The molecule has 21 heavy (non-hydrogen) atoms. The van der Waals surface area contributed by atoms with E-state index in [9.17, 15) is 4.79 Å². The van der Waals surface area contributed by atoms with Crippen molar-refractivity contribution in [1.29, 1.82) is 0 Å². The van der Waals surface area contributed by atoms with E-state index in [0.717, 1.165) is 25.3 Å². The summed E-state index contributed by atoms with van der Waals surface area (Å²) in [7, 11) is 1.49. The lowest BCUT2D eigenvalue weighted by Gasteiger charge is -2.37. The van der Waals surface area contributed by atoms with Crippen molar-refractivity contribution in [3.05, 3.63) is 0 Å². The summed E-state index contributed by atoms with van der Waals surface area (Å²) in [5.74, 6) is 0.739. The minimum Gasteiger partial charge on any atom is -0.468 e. The molecule has 0 bridgehead atoms. The highest BCUT2D eigenvalue weighted by atomic mass is 16.5. The number of carbonyl (C=O) groups excluding carboxylic acids is 1. The molecule has 3 atom stereocenters. The first-order valence-corrected chi connectivity index (χ1v) is 8.55. The Morgan fingerprint density at radius 2 is 2.05 bits per heavy atom. The largest absolute Gasteiger partial charge is 0.468 e. The summed E-state index contributed by atoms with van der Waals surface area (Å²) in [5.41, 5.74) is -0.512. The third kappa shape index (κ3) is 4.68. The second kappa shape index (κ2) is 7.10. The van der Waals surface area contributed by atoms with E-state index in [4.69, 9.17) is 4.74 Å². The van der Waals surface area contributed by atoms with Gasteiger partial charge in [0.25, 0.3) is 0 Å². The Bertz CT molecular complexity index is 357. The van der Waals surface area contributed by atoms with Crippen LogP contribution < -0.4 is 5.32 Å². The lowest BCUT2D eigenvalue weighted by atomic mass is 9.92. The zero-order valence-electron chi connectivity index (χ0n) is 14.2. The predicted molar refractivity (Wildman–Crippen MR) is 85.2 cm³/mol. The number of rotatable bonds is 7. The number of nitrogens with one attached hydrogen (secondary N) is 1. The molecule has 0 aromatic heterocycles. The monoisotopic (exact) mass is 296 g/mol. The van der Waals surface area contributed by atoms with Crippen LogP contribution in [0.3, 0.4) is 0 Å². The van der Waals surface area contributed by atoms with Crippen LogP contribution in [-0.4, -0.2) is 48.7 Å². The molecule has 0 aromatic carbocycles. The normalized spacial score (nSPS) is 29.9. The summed E-state index contributed by atoms with van der Waals surface area (Å²) >= 11 is 0. The standard InChI is InChI=1S/C17H32N2O2/c1-13-8-11-19(14(2)12-13)10-5-9-17(3,16(20)21-4)18-15-6-7-15/h13-15,18H,5-12H2,1-4H3. The van der Waals surface area contributed by atoms with Gasteiger partial charge < -0.3 is 9.64 Å². The van der Waals surface area contributed by atoms with Crippen LogP contribution in [0.25, 0.3) is 0 Å². The summed E-state index contributed by atoms with van der Waals surface area (Å²) in [5, 5.41) is 3.48. The molecule has 2 aliphatic rings. The number of nitrogens with zero attached hydrogens (tertiary/aromatic N) is 1. The van der Waals surface area contributed by atoms with Crippen molar-refractivity contribution in [2.45, 2.75) is 76.9 Å². The van der Waals surface area contributed by atoms with Crippen LogP contribution in [0.1, 0.15) is 59.3 Å². The van der Waals surface area contributed by atoms with Crippen LogP contribution in [0, 0.1) is 5.92 Å². The smallest absolute Gasteiger partial charge is 0.325 e. The lowest BCUT2D eigenvalue weighted by molar-refractivity contribution is -0.148. The average Bonchev–Trinajstić information content (AvgIpc) is 3.24. The van der Waals surface area contributed by atoms with Crippen LogP contribution in [0.2, 0.25) is 0 Å². The summed E-state index contributed by atoms with van der Waals surface area (Å²) in [6, 6.07) is 1.19. The van der Waals surface area contributed by atoms with Crippen LogP contribution >= 0.6 is 0 Å². The fraction of sp³-hybridized carbons (Fsp3) is 0.941. The van der Waals surface area contributed by atoms with Crippen molar-refractivity contribution in [2.24, 2.45) is 5.92 Å². The molecule has 3 unspecified atom stereocenters. The molecule has 4 heteroatoms. The number of likely N-dealkylation sites (tertiary alicyclic amines) is 1. The number of ether oxygens (including phenoxy) is 1. The molecule has 2 fully saturated rings. The number of methoxy groups -OCH3 is 1. The number of hydrogen-bond donors (Lipinski definition) is 1. The Morgan fingerprint density at radius 3 is 2.62 bits per heavy atom. The molecule has 1 N–H and O–H groups in total. The summed E-state index contributed by atoms with van der Waals surface area (Å²) in [6.07, 6.45) is 6.88. The van der Waals surface area contributed by atoms with Crippen molar-refractivity contribution >= 4 is 5.97 Å². The Labute approximate surface area is 129 Å². The summed E-state index contributed by atoms with van der Waals surface area (Å²) in [4.78, 5) is 14.7. The zero-order chi connectivity index (χ0) is 15.5. The number of piperidine rings is 1. The first-order chi connectivity index (χ1) is 9.94. The molecule has 1 heterocycles. The van der Waals surface area contributed by atoms with E-state index < -0.39 is 5.54 Å². The van der Waals surface area contributed by atoms with Gasteiger partial charge in [-0.3, -0.25) is 10.1 Å². The van der Waals surface area contributed by atoms with Crippen LogP contribution in [-0.2, 0) is 9.53 Å². The second-order valence-corrected chi connectivity index (χ2v) is 7.36. The molecular formula is C17H32N2O2. The van der Waals surface area contributed by atoms with E-state index in [1.54, 1.807) is 0 Å². The lowest BCUT2D eigenvalue weighted by Crippen LogP contribution is -2.51. The Kier molecular flexibility index (Phi) is 5.67. The molecule has 1 aliphatic heterocycles. The maximum atomic E-state index is 12.1. The predicted octanol–water partition coefficient (Wildman–Crippen LogP) is 2.57. The van der Waals surface area contributed by atoms with E-state index in [0.29, 0.717) is 12.1 Å². The second-order valence-electron chi connectivity index (χ2n) is 7.36. The highest BCUT2D eigenvalue weighted by molar-refractivity contribution is 5.80. The average molecular weight is 296 g/mol. The molecule has 0 spiro atoms. The van der Waals surface area contributed by atoms with Crippen molar-refractivity contribution < 1.29 is 9.53 Å². The van der Waals surface area contributed by atoms with Crippen LogP contribution in [0.15, 0.2) is 0 Å². The fourth-order valence-corrected chi connectivity index (χ4v) is 3.56. The highest BCUT2D eigenvalue weighted by Gasteiger charge is 2.39. The molecule has 4 nitrogen and oxygen atoms in total. The molecule has 2 rings (SSSR count). The van der Waals surface area contributed by atoms with E-state index in [-0.39, 0.29) is 5.97 Å². The van der Waals surface area contributed by atoms with Crippen molar-refractivity contribution in [3.8, 4) is 0 Å². The van der Waals surface area contributed by atoms with Gasteiger partial charge in [0.05, 0.1) is 7.11 Å². The van der Waals surface area contributed by atoms with Crippen molar-refractivity contribution in [3.63, 3.8) is 0 Å². The van der Waals surface area contributed by atoms with Gasteiger partial charge in [-0.15, -0.1) is 0 Å². The third-order valence-electron chi connectivity index (χ3n) is 5.13. The molecule has 122 valence electrons. The van der Waals surface area contributed by atoms with Crippen molar-refractivity contribution in [1.82, 2.24) is 10.2 Å². The number of hydrogen-bond acceptors (Lipinski definition) is 4. The van der Waals surface area contributed by atoms with Gasteiger partial charge in [-0.2, -0.15) is 0 Å². The minimum atomic E-state index is -0.512. The summed E-state index contributed by atoms with van der Waals surface area (Å²) in [6.45, 7) is 8.97. The van der Waals surface area contributed by atoms with Gasteiger partial charge in [0.1, 0.15) is 5.54 Å². The Hall–Kier alpha value is -0.610. The van der Waals surface area contributed by atoms with Gasteiger partial charge >= 0.3 is 5.97 Å². The molecule has 1 aliphatic carbocycles. The first kappa shape index (κ1) is 16.8. The zero-order valence-corrected chi connectivity index (χ0v) is 14.2.